The molecule has 2 N–H and O–H groups in total. The van der Waals surface area contributed by atoms with Crippen molar-refractivity contribution in [3.63, 3.8) is 0 Å². The number of amides is 3. The highest BCUT2D eigenvalue weighted by Crippen LogP contribution is 2.25. The first-order chi connectivity index (χ1) is 16.2. The molecule has 194 valence electrons. The van der Waals surface area contributed by atoms with Gasteiger partial charge in [0.2, 0.25) is 11.8 Å². The number of nitrogens with zero attached hydrogens (tertiary/aromatic N) is 1. The molecule has 2 unspecified atom stereocenters. The lowest BCUT2D eigenvalue weighted by Gasteiger charge is -2.35. The van der Waals surface area contributed by atoms with Crippen LogP contribution in [-0.4, -0.2) is 58.5 Å². The van der Waals surface area contributed by atoms with Gasteiger partial charge in [-0.1, -0.05) is 36.9 Å². The summed E-state index contributed by atoms with van der Waals surface area (Å²) in [6, 6.07) is 5.54. The van der Waals surface area contributed by atoms with Gasteiger partial charge in [-0.05, 0) is 77.2 Å². The molecule has 8 heteroatoms. The van der Waals surface area contributed by atoms with Crippen molar-refractivity contribution in [2.45, 2.75) is 71.2 Å². The highest BCUT2D eigenvalue weighted by molar-refractivity contribution is 7.98. The Bertz CT molecular complexity index is 902. The van der Waals surface area contributed by atoms with Crippen LogP contribution in [0.2, 0.25) is 0 Å². The van der Waals surface area contributed by atoms with Crippen molar-refractivity contribution in [2.75, 3.05) is 18.6 Å². The number of alkyl carbamates (subject to hydrolysis) is 1. The smallest absolute Gasteiger partial charge is 0.408 e. The topological polar surface area (TPSA) is 87.7 Å². The van der Waals surface area contributed by atoms with Gasteiger partial charge in [-0.15, -0.1) is 6.58 Å². The summed E-state index contributed by atoms with van der Waals surface area (Å²) in [5, 5.41) is 5.71. The van der Waals surface area contributed by atoms with E-state index in [1.54, 1.807) is 44.7 Å². The average Bonchev–Trinajstić information content (AvgIpc) is 2.73. The Labute approximate surface area is 214 Å². The van der Waals surface area contributed by atoms with E-state index in [1.807, 2.05) is 51.3 Å². The molecule has 0 aliphatic rings. The minimum Gasteiger partial charge on any atom is -0.444 e. The summed E-state index contributed by atoms with van der Waals surface area (Å²) in [5.74, 6) is -0.0727. The number of carbonyl (C=O) groups excluding carboxylic acids is 3. The van der Waals surface area contributed by atoms with E-state index in [-0.39, 0.29) is 18.4 Å². The van der Waals surface area contributed by atoms with Gasteiger partial charge in [-0.2, -0.15) is 11.8 Å². The lowest BCUT2D eigenvalue weighted by Crippen LogP contribution is -2.54. The van der Waals surface area contributed by atoms with Crippen LogP contribution in [0.1, 0.15) is 65.1 Å². The molecule has 3 amide bonds. The van der Waals surface area contributed by atoms with Crippen LogP contribution in [-0.2, 0) is 14.3 Å². The van der Waals surface area contributed by atoms with Crippen LogP contribution in [0.4, 0.5) is 4.79 Å². The second-order valence-electron chi connectivity index (χ2n) is 10.3. The highest BCUT2D eigenvalue weighted by Gasteiger charge is 2.36. The van der Waals surface area contributed by atoms with Gasteiger partial charge in [0.15, 0.2) is 0 Å². The first-order valence-electron chi connectivity index (χ1n) is 11.7. The second-order valence-corrected chi connectivity index (χ2v) is 11.3. The van der Waals surface area contributed by atoms with Gasteiger partial charge >= 0.3 is 6.09 Å². The summed E-state index contributed by atoms with van der Waals surface area (Å²) in [4.78, 5) is 41.4. The molecular weight excluding hydrogens is 462 g/mol. The van der Waals surface area contributed by atoms with Crippen molar-refractivity contribution in [1.82, 2.24) is 15.5 Å². The van der Waals surface area contributed by atoms with E-state index < -0.39 is 29.3 Å². The Balaban J connectivity index is 3.49. The summed E-state index contributed by atoms with van der Waals surface area (Å²) in [6.07, 6.45) is 4.89. The molecule has 1 aromatic rings. The molecule has 0 saturated carbocycles. The Morgan fingerprint density at radius 3 is 2.31 bits per heavy atom. The van der Waals surface area contributed by atoms with Gasteiger partial charge in [0.05, 0.1) is 0 Å². The third-order valence-corrected chi connectivity index (χ3v) is 5.37. The number of hydrogen-bond acceptors (Lipinski definition) is 5. The fourth-order valence-electron chi connectivity index (χ4n) is 3.37. The van der Waals surface area contributed by atoms with Gasteiger partial charge in [0.1, 0.15) is 17.7 Å². The Morgan fingerprint density at radius 1 is 1.14 bits per heavy atom. The molecule has 0 aliphatic carbocycles. The van der Waals surface area contributed by atoms with Gasteiger partial charge in [0.25, 0.3) is 0 Å². The quantitative estimate of drug-likeness (QED) is 0.417. The van der Waals surface area contributed by atoms with E-state index in [0.717, 1.165) is 5.56 Å². The van der Waals surface area contributed by atoms with Gasteiger partial charge in [-0.3, -0.25) is 9.59 Å². The fraction of sp³-hybridized carbons (Fsp3) is 0.519. The maximum Gasteiger partial charge on any atom is 0.408 e. The molecule has 1 rings (SSSR count). The number of nitrogens with one attached hydrogen (secondary N) is 2. The summed E-state index contributed by atoms with van der Waals surface area (Å²) in [5.41, 5.74) is 0.243. The lowest BCUT2D eigenvalue weighted by atomic mass is 9.98. The maximum atomic E-state index is 13.9. The van der Waals surface area contributed by atoms with Crippen LogP contribution in [0, 0.1) is 0 Å². The largest absolute Gasteiger partial charge is 0.444 e. The Hall–Kier alpha value is -2.74. The van der Waals surface area contributed by atoms with E-state index >= 15 is 0 Å². The molecule has 2 atom stereocenters. The molecule has 35 heavy (non-hydrogen) atoms. The van der Waals surface area contributed by atoms with Gasteiger partial charge in [-0.25, -0.2) is 4.79 Å². The number of ether oxygens (including phenoxy) is 1. The third kappa shape index (κ3) is 10.6. The van der Waals surface area contributed by atoms with E-state index in [4.69, 9.17) is 4.74 Å². The molecule has 0 heterocycles. The van der Waals surface area contributed by atoms with Crippen LogP contribution in [0.25, 0.3) is 6.08 Å². The number of hydrogen-bond donors (Lipinski definition) is 2. The zero-order chi connectivity index (χ0) is 26.8. The number of rotatable bonds is 11. The van der Waals surface area contributed by atoms with Crippen molar-refractivity contribution in [3.05, 3.63) is 54.6 Å². The minimum atomic E-state index is -0.933. The molecule has 7 nitrogen and oxygen atoms in total. The Kier molecular flexibility index (Phi) is 11.6. The number of thioether (sulfide) groups is 1. The molecule has 0 spiro atoms. The van der Waals surface area contributed by atoms with E-state index in [9.17, 15) is 14.4 Å². The van der Waals surface area contributed by atoms with Crippen LogP contribution in [0.3, 0.4) is 0 Å². The molecule has 0 bridgehead atoms. The minimum absolute atomic E-state index is 0.116. The van der Waals surface area contributed by atoms with Crippen molar-refractivity contribution >= 4 is 35.7 Å². The Morgan fingerprint density at radius 2 is 1.80 bits per heavy atom. The van der Waals surface area contributed by atoms with Crippen LogP contribution < -0.4 is 10.6 Å². The normalized spacial score (nSPS) is 13.2. The van der Waals surface area contributed by atoms with Crippen LogP contribution in [0.5, 0.6) is 0 Å². The van der Waals surface area contributed by atoms with Crippen molar-refractivity contribution in [1.29, 1.82) is 0 Å². The predicted molar refractivity (Wildman–Crippen MR) is 145 cm³/mol. The average molecular weight is 504 g/mol. The fourth-order valence-corrected chi connectivity index (χ4v) is 3.84. The zero-order valence-corrected chi connectivity index (χ0v) is 23.0. The molecule has 1 aromatic carbocycles. The maximum absolute atomic E-state index is 13.9. The third-order valence-electron chi connectivity index (χ3n) is 4.73. The van der Waals surface area contributed by atoms with Crippen molar-refractivity contribution in [2.24, 2.45) is 0 Å². The van der Waals surface area contributed by atoms with Crippen molar-refractivity contribution in [3.8, 4) is 0 Å². The van der Waals surface area contributed by atoms with E-state index in [1.165, 1.54) is 4.90 Å². The molecule has 0 fully saturated rings. The molecule has 0 aromatic heterocycles. The van der Waals surface area contributed by atoms with E-state index in [2.05, 4.69) is 23.8 Å². The molecule has 0 aliphatic heterocycles. The van der Waals surface area contributed by atoms with Crippen molar-refractivity contribution < 1.29 is 19.1 Å². The van der Waals surface area contributed by atoms with Gasteiger partial charge < -0.3 is 20.3 Å². The standard InChI is InChI=1S/C27H41N3O4S/c1-10-16-30(24(32)21(15-17-35-9)28-25(33)34-27(6,7)8)22(23(31)29-26(3,4)5)20-14-12-13-19(11-2)18-20/h10-14,18,21-22H,1-2,15-17H2,3-9H3,(H,28,33)(H,29,31). The second kappa shape index (κ2) is 13.4. The first kappa shape index (κ1) is 30.3. The van der Waals surface area contributed by atoms with Gasteiger partial charge in [0, 0.05) is 12.1 Å². The summed E-state index contributed by atoms with van der Waals surface area (Å²) in [7, 11) is 0. The molecule has 0 radical (unpaired) electrons. The monoisotopic (exact) mass is 503 g/mol. The van der Waals surface area contributed by atoms with Crippen LogP contribution in [0.15, 0.2) is 43.5 Å². The SMILES string of the molecule is C=CCN(C(=O)C(CCSC)NC(=O)OC(C)(C)C)C(C(=O)NC(C)(C)C)c1cccc(C=C)c1. The summed E-state index contributed by atoms with van der Waals surface area (Å²) in [6.45, 7) is 18.7. The first-order valence-corrected chi connectivity index (χ1v) is 13.1. The number of carbonyl (C=O) groups is 3. The highest BCUT2D eigenvalue weighted by atomic mass is 32.2. The zero-order valence-electron chi connectivity index (χ0n) is 22.1. The number of benzene rings is 1. The summed E-state index contributed by atoms with van der Waals surface area (Å²) < 4.78 is 5.39. The molecule has 0 saturated heterocycles. The molecular formula is C27H41N3O4S. The van der Waals surface area contributed by atoms with E-state index in [0.29, 0.717) is 17.7 Å². The summed E-state index contributed by atoms with van der Waals surface area (Å²) >= 11 is 1.56. The predicted octanol–water partition coefficient (Wildman–Crippen LogP) is 4.95. The van der Waals surface area contributed by atoms with Crippen LogP contribution >= 0.6 is 11.8 Å². The lowest BCUT2D eigenvalue weighted by molar-refractivity contribution is -0.142.